The molecule has 20 heavy (non-hydrogen) atoms. The maximum atomic E-state index is 12.1. The molecule has 0 aliphatic carbocycles. The first-order chi connectivity index (χ1) is 9.33. The minimum Gasteiger partial charge on any atom is -0.399 e. The molecule has 0 aliphatic heterocycles. The van der Waals surface area contributed by atoms with Crippen LogP contribution in [0.4, 0.5) is 5.69 Å². The van der Waals surface area contributed by atoms with E-state index >= 15 is 0 Å². The second-order valence-electron chi connectivity index (χ2n) is 4.26. The lowest BCUT2D eigenvalue weighted by molar-refractivity contribution is 0.586. The zero-order chi connectivity index (χ0) is 14.9. The quantitative estimate of drug-likeness (QED) is 0.832. The van der Waals surface area contributed by atoms with Crippen LogP contribution >= 0.6 is 11.8 Å². The van der Waals surface area contributed by atoms with E-state index < -0.39 is 10.0 Å². The molecule has 3 N–H and O–H groups in total. The number of hydrogen-bond donors (Lipinski definition) is 2. The van der Waals surface area contributed by atoms with Crippen LogP contribution in [0.1, 0.15) is 5.69 Å². The molecule has 0 spiro atoms. The molecule has 0 saturated carbocycles. The molecule has 0 aliphatic rings. The van der Waals surface area contributed by atoms with Crippen molar-refractivity contribution in [2.75, 3.05) is 12.8 Å². The molecule has 1 heterocycles. The topological polar surface area (TPSA) is 90.0 Å². The number of aromatic nitrogens is 2. The molecular weight excluding hydrogens is 296 g/mol. The third kappa shape index (κ3) is 2.97. The number of hydrogen-bond acceptors (Lipinski definition) is 5. The molecule has 108 valence electrons. The molecule has 0 atom stereocenters. The van der Waals surface area contributed by atoms with Crippen molar-refractivity contribution < 1.29 is 8.42 Å². The van der Waals surface area contributed by atoms with Crippen molar-refractivity contribution >= 4 is 27.5 Å². The Balaban J connectivity index is 2.50. The van der Waals surface area contributed by atoms with Crippen LogP contribution in [-0.2, 0) is 17.1 Å². The maximum Gasteiger partial charge on any atom is 0.241 e. The predicted octanol–water partition coefficient (Wildman–Crippen LogP) is 1.37. The smallest absolute Gasteiger partial charge is 0.241 e. The summed E-state index contributed by atoms with van der Waals surface area (Å²) in [5, 5.41) is 5.10. The number of rotatable bonds is 4. The molecule has 1 aromatic heterocycles. The van der Waals surface area contributed by atoms with E-state index in [-0.39, 0.29) is 4.90 Å². The Morgan fingerprint density at radius 3 is 2.60 bits per heavy atom. The van der Waals surface area contributed by atoms with Gasteiger partial charge in [0, 0.05) is 17.6 Å². The lowest BCUT2D eigenvalue weighted by atomic mass is 10.3. The third-order valence-electron chi connectivity index (χ3n) is 2.70. The van der Waals surface area contributed by atoms with Crippen molar-refractivity contribution in [3.8, 4) is 0 Å². The lowest BCUT2D eigenvalue weighted by Gasteiger charge is -2.10. The fraction of sp³-hybridized carbons (Fsp3) is 0.250. The largest absolute Gasteiger partial charge is 0.399 e. The summed E-state index contributed by atoms with van der Waals surface area (Å²) in [5.41, 5.74) is 6.97. The Labute approximate surface area is 122 Å². The highest BCUT2D eigenvalue weighted by molar-refractivity contribution is 8.00. The van der Waals surface area contributed by atoms with Gasteiger partial charge in [-0.2, -0.15) is 5.10 Å². The van der Waals surface area contributed by atoms with Crippen molar-refractivity contribution in [2.45, 2.75) is 21.7 Å². The molecule has 2 rings (SSSR count). The summed E-state index contributed by atoms with van der Waals surface area (Å²) in [5.74, 6) is 0. The standard InChI is InChI=1S/C12H16N4O2S2/c1-8-6-12(16(3)15-8)19-10-5-4-9(13)7-11(10)20(17,18)14-2/h4-7,14H,13H2,1-3H3. The van der Waals surface area contributed by atoms with Crippen LogP contribution in [0.2, 0.25) is 0 Å². The average Bonchev–Trinajstić information content (AvgIpc) is 2.70. The minimum absolute atomic E-state index is 0.170. The lowest BCUT2D eigenvalue weighted by Crippen LogP contribution is -2.19. The maximum absolute atomic E-state index is 12.1. The number of nitrogens with two attached hydrogens (primary N) is 1. The molecule has 0 amide bonds. The highest BCUT2D eigenvalue weighted by Crippen LogP contribution is 2.33. The van der Waals surface area contributed by atoms with E-state index in [1.54, 1.807) is 16.8 Å². The van der Waals surface area contributed by atoms with E-state index in [0.717, 1.165) is 10.7 Å². The zero-order valence-corrected chi connectivity index (χ0v) is 13.0. The molecule has 0 radical (unpaired) electrons. The van der Waals surface area contributed by atoms with E-state index in [2.05, 4.69) is 9.82 Å². The summed E-state index contributed by atoms with van der Waals surface area (Å²) in [6.07, 6.45) is 0. The third-order valence-corrected chi connectivity index (χ3v) is 5.45. The second-order valence-corrected chi connectivity index (χ2v) is 7.18. The van der Waals surface area contributed by atoms with E-state index in [1.165, 1.54) is 24.9 Å². The fourth-order valence-corrected chi connectivity index (χ4v) is 3.95. The van der Waals surface area contributed by atoms with Gasteiger partial charge in [-0.15, -0.1) is 0 Å². The van der Waals surface area contributed by atoms with Gasteiger partial charge in [0.1, 0.15) is 0 Å². The van der Waals surface area contributed by atoms with Crippen molar-refractivity contribution in [3.63, 3.8) is 0 Å². The zero-order valence-electron chi connectivity index (χ0n) is 11.4. The summed E-state index contributed by atoms with van der Waals surface area (Å²) in [7, 11) is -0.363. The van der Waals surface area contributed by atoms with Crippen molar-refractivity contribution in [2.24, 2.45) is 7.05 Å². The monoisotopic (exact) mass is 312 g/mol. The van der Waals surface area contributed by atoms with E-state index in [9.17, 15) is 8.42 Å². The highest BCUT2D eigenvalue weighted by atomic mass is 32.2. The number of benzene rings is 1. The summed E-state index contributed by atoms with van der Waals surface area (Å²) in [6.45, 7) is 1.89. The number of nitrogens with one attached hydrogen (secondary N) is 1. The molecule has 0 fully saturated rings. The summed E-state index contributed by atoms with van der Waals surface area (Å²) < 4.78 is 28.1. The van der Waals surface area contributed by atoms with Gasteiger partial charge in [0.2, 0.25) is 10.0 Å². The predicted molar refractivity (Wildman–Crippen MR) is 79.2 cm³/mol. The van der Waals surface area contributed by atoms with Crippen LogP contribution in [0.5, 0.6) is 0 Å². The summed E-state index contributed by atoms with van der Waals surface area (Å²) in [4.78, 5) is 0.778. The van der Waals surface area contributed by atoms with Gasteiger partial charge in [-0.3, -0.25) is 4.68 Å². The SMILES string of the molecule is CNS(=O)(=O)c1cc(N)ccc1Sc1cc(C)nn1C. The van der Waals surface area contributed by atoms with Crippen LogP contribution in [-0.4, -0.2) is 25.2 Å². The first-order valence-corrected chi connectivity index (χ1v) is 8.15. The van der Waals surface area contributed by atoms with Gasteiger partial charge in [0.15, 0.2) is 0 Å². The van der Waals surface area contributed by atoms with E-state index in [4.69, 9.17) is 5.73 Å². The average molecular weight is 312 g/mol. The molecule has 0 unspecified atom stereocenters. The Hall–Kier alpha value is -1.51. The normalized spacial score (nSPS) is 11.8. The number of anilines is 1. The molecular formula is C12H16N4O2S2. The van der Waals surface area contributed by atoms with Crippen molar-refractivity contribution in [3.05, 3.63) is 30.0 Å². The van der Waals surface area contributed by atoms with Gasteiger partial charge in [-0.05, 0) is 38.2 Å². The Morgan fingerprint density at radius 2 is 2.05 bits per heavy atom. The Morgan fingerprint density at radius 1 is 1.35 bits per heavy atom. The van der Waals surface area contributed by atoms with Gasteiger partial charge in [-0.25, -0.2) is 13.1 Å². The van der Waals surface area contributed by atoms with Crippen molar-refractivity contribution in [1.82, 2.24) is 14.5 Å². The fourth-order valence-electron chi connectivity index (χ4n) is 1.72. The van der Waals surface area contributed by atoms with Crippen LogP contribution in [0.25, 0.3) is 0 Å². The number of nitrogen functional groups attached to an aromatic ring is 1. The van der Waals surface area contributed by atoms with Crippen LogP contribution in [0, 0.1) is 6.92 Å². The first-order valence-electron chi connectivity index (χ1n) is 5.85. The summed E-state index contributed by atoms with van der Waals surface area (Å²) >= 11 is 1.34. The van der Waals surface area contributed by atoms with Gasteiger partial charge in [-0.1, -0.05) is 11.8 Å². The van der Waals surface area contributed by atoms with Gasteiger partial charge >= 0.3 is 0 Å². The number of aryl methyl sites for hydroxylation is 2. The minimum atomic E-state index is -3.56. The molecule has 6 nitrogen and oxygen atoms in total. The molecule has 1 aromatic carbocycles. The molecule has 0 bridgehead atoms. The molecule has 8 heteroatoms. The van der Waals surface area contributed by atoms with E-state index in [1.807, 2.05) is 20.0 Å². The van der Waals surface area contributed by atoms with Gasteiger partial charge in [0.05, 0.1) is 15.6 Å². The molecule has 2 aromatic rings. The second kappa shape index (κ2) is 5.47. The van der Waals surface area contributed by atoms with Crippen LogP contribution < -0.4 is 10.5 Å². The summed E-state index contributed by atoms with van der Waals surface area (Å²) in [6, 6.07) is 6.74. The first kappa shape index (κ1) is 14.9. The van der Waals surface area contributed by atoms with Crippen LogP contribution in [0.3, 0.4) is 0 Å². The van der Waals surface area contributed by atoms with Crippen molar-refractivity contribution in [1.29, 1.82) is 0 Å². The molecule has 0 saturated heterocycles. The van der Waals surface area contributed by atoms with Gasteiger partial charge < -0.3 is 5.73 Å². The Bertz CT molecular complexity index is 738. The van der Waals surface area contributed by atoms with Gasteiger partial charge in [0.25, 0.3) is 0 Å². The highest BCUT2D eigenvalue weighted by Gasteiger charge is 2.19. The van der Waals surface area contributed by atoms with E-state index in [0.29, 0.717) is 10.6 Å². The Kier molecular flexibility index (Phi) is 4.07. The van der Waals surface area contributed by atoms with Crippen LogP contribution in [0.15, 0.2) is 39.1 Å². The number of sulfonamides is 1. The number of nitrogens with zero attached hydrogens (tertiary/aromatic N) is 2.